The summed E-state index contributed by atoms with van der Waals surface area (Å²) < 4.78 is 5.17. The molecule has 4 heteroatoms. The van der Waals surface area contributed by atoms with E-state index in [4.69, 9.17) is 4.74 Å². The molecule has 1 aliphatic rings. The van der Waals surface area contributed by atoms with Crippen LogP contribution in [0.3, 0.4) is 0 Å². The number of alkyl carbamates (subject to hydrolysis) is 1. The van der Waals surface area contributed by atoms with Gasteiger partial charge in [0.1, 0.15) is 12.4 Å². The first-order valence-corrected chi connectivity index (χ1v) is 6.83. The summed E-state index contributed by atoms with van der Waals surface area (Å²) in [6, 6.07) is 9.46. The molecule has 106 valence electrons. The van der Waals surface area contributed by atoms with Gasteiger partial charge >= 0.3 is 6.09 Å². The molecule has 20 heavy (non-hydrogen) atoms. The van der Waals surface area contributed by atoms with E-state index in [1.54, 1.807) is 0 Å². The van der Waals surface area contributed by atoms with E-state index in [2.05, 4.69) is 5.32 Å². The zero-order valence-corrected chi connectivity index (χ0v) is 11.6. The van der Waals surface area contributed by atoms with E-state index in [9.17, 15) is 9.59 Å². The molecule has 4 nitrogen and oxygen atoms in total. The number of amides is 1. The van der Waals surface area contributed by atoms with Crippen LogP contribution >= 0.6 is 0 Å². The van der Waals surface area contributed by atoms with Crippen LogP contribution in [0.5, 0.6) is 0 Å². The predicted octanol–water partition coefficient (Wildman–Crippen LogP) is 2.98. The van der Waals surface area contributed by atoms with Crippen LogP contribution in [0.15, 0.2) is 42.0 Å². The van der Waals surface area contributed by atoms with Crippen LogP contribution in [-0.4, -0.2) is 17.9 Å². The van der Waals surface area contributed by atoms with Crippen molar-refractivity contribution in [2.24, 2.45) is 0 Å². The highest BCUT2D eigenvalue weighted by Gasteiger charge is 2.17. The average molecular weight is 273 g/mol. The highest BCUT2D eigenvalue weighted by Crippen LogP contribution is 2.18. The Labute approximate surface area is 118 Å². The van der Waals surface area contributed by atoms with Crippen LogP contribution in [0.25, 0.3) is 0 Å². The van der Waals surface area contributed by atoms with Gasteiger partial charge in [0.25, 0.3) is 0 Å². The Kier molecular flexibility index (Phi) is 4.93. The van der Waals surface area contributed by atoms with Crippen LogP contribution in [0.1, 0.15) is 31.7 Å². The molecule has 0 saturated heterocycles. The van der Waals surface area contributed by atoms with Gasteiger partial charge in [-0.25, -0.2) is 4.79 Å². The van der Waals surface area contributed by atoms with Crippen molar-refractivity contribution in [3.8, 4) is 0 Å². The molecule has 0 aliphatic heterocycles. The van der Waals surface area contributed by atoms with Crippen LogP contribution in [-0.2, 0) is 16.1 Å². The number of hydrogen-bond acceptors (Lipinski definition) is 3. The van der Waals surface area contributed by atoms with Gasteiger partial charge in [-0.05, 0) is 18.9 Å². The van der Waals surface area contributed by atoms with E-state index in [1.165, 1.54) is 0 Å². The number of rotatable bonds is 4. The van der Waals surface area contributed by atoms with Crippen molar-refractivity contribution >= 4 is 11.9 Å². The van der Waals surface area contributed by atoms with Crippen molar-refractivity contribution in [3.05, 3.63) is 47.5 Å². The lowest BCUT2D eigenvalue weighted by molar-refractivity contribution is -0.118. The molecule has 0 saturated carbocycles. The monoisotopic (exact) mass is 273 g/mol. The van der Waals surface area contributed by atoms with Gasteiger partial charge in [-0.2, -0.15) is 0 Å². The fourth-order valence-corrected chi connectivity index (χ4v) is 2.16. The normalized spacial score (nSPS) is 16.2. The van der Waals surface area contributed by atoms with Crippen molar-refractivity contribution in [1.82, 2.24) is 5.32 Å². The average Bonchev–Trinajstić information content (AvgIpc) is 2.47. The number of benzene rings is 1. The van der Waals surface area contributed by atoms with Crippen molar-refractivity contribution < 1.29 is 14.3 Å². The molecule has 0 unspecified atom stereocenters. The Morgan fingerprint density at radius 3 is 2.70 bits per heavy atom. The lowest BCUT2D eigenvalue weighted by Gasteiger charge is -2.20. The van der Waals surface area contributed by atoms with E-state index >= 15 is 0 Å². The largest absolute Gasteiger partial charge is 0.445 e. The number of hydrogen-bond donors (Lipinski definition) is 1. The Morgan fingerprint density at radius 2 is 2.05 bits per heavy atom. The van der Waals surface area contributed by atoms with Crippen molar-refractivity contribution in [2.45, 2.75) is 38.8 Å². The summed E-state index contributed by atoms with van der Waals surface area (Å²) in [4.78, 5) is 22.9. The standard InChI is InChI=1S/C16H19NO3/c1-12(14-7-9-15(18)10-8-14)17-16(19)20-11-13-5-3-2-4-6-13/h2-7,12H,8-11H2,1H3,(H,17,19)/t12-/m0/s1. The topological polar surface area (TPSA) is 55.4 Å². The Morgan fingerprint density at radius 1 is 1.30 bits per heavy atom. The first-order valence-electron chi connectivity index (χ1n) is 6.83. The van der Waals surface area contributed by atoms with E-state index in [-0.39, 0.29) is 18.4 Å². The zero-order chi connectivity index (χ0) is 14.4. The summed E-state index contributed by atoms with van der Waals surface area (Å²) in [5.74, 6) is 0.257. The third-order valence-electron chi connectivity index (χ3n) is 3.39. The molecule has 0 aromatic heterocycles. The first-order chi connectivity index (χ1) is 9.65. The molecule has 0 bridgehead atoms. The fraction of sp³-hybridized carbons (Fsp3) is 0.375. The molecular weight excluding hydrogens is 254 g/mol. The highest BCUT2D eigenvalue weighted by molar-refractivity contribution is 5.81. The minimum absolute atomic E-state index is 0.0913. The van der Waals surface area contributed by atoms with Crippen LogP contribution in [0.4, 0.5) is 4.79 Å². The second-order valence-corrected chi connectivity index (χ2v) is 4.95. The molecule has 1 aromatic carbocycles. The van der Waals surface area contributed by atoms with Gasteiger partial charge in [0.15, 0.2) is 0 Å². The molecule has 1 atom stereocenters. The van der Waals surface area contributed by atoms with Crippen LogP contribution in [0.2, 0.25) is 0 Å². The molecule has 0 fully saturated rings. The number of allylic oxidation sites excluding steroid dienone is 1. The van der Waals surface area contributed by atoms with Gasteiger partial charge in [0, 0.05) is 12.8 Å². The summed E-state index contributed by atoms with van der Waals surface area (Å²) in [6.07, 6.45) is 3.24. The molecule has 1 N–H and O–H groups in total. The van der Waals surface area contributed by atoms with Gasteiger partial charge in [-0.3, -0.25) is 4.79 Å². The number of nitrogens with one attached hydrogen (secondary N) is 1. The number of Topliss-reactive ketones (excluding diaryl/α,β-unsaturated/α-hetero) is 1. The van der Waals surface area contributed by atoms with E-state index in [0.29, 0.717) is 12.8 Å². The van der Waals surface area contributed by atoms with Gasteiger partial charge in [0.2, 0.25) is 0 Å². The van der Waals surface area contributed by atoms with Gasteiger partial charge in [-0.15, -0.1) is 0 Å². The predicted molar refractivity (Wildman–Crippen MR) is 76.2 cm³/mol. The van der Waals surface area contributed by atoms with Gasteiger partial charge in [-0.1, -0.05) is 42.0 Å². The van der Waals surface area contributed by atoms with E-state index in [0.717, 1.165) is 17.6 Å². The molecule has 1 aliphatic carbocycles. The number of carbonyl (C=O) groups is 2. The van der Waals surface area contributed by atoms with Crippen molar-refractivity contribution in [3.63, 3.8) is 0 Å². The third-order valence-corrected chi connectivity index (χ3v) is 3.39. The molecule has 1 amide bonds. The fourth-order valence-electron chi connectivity index (χ4n) is 2.16. The maximum atomic E-state index is 11.7. The Hall–Kier alpha value is -2.10. The van der Waals surface area contributed by atoms with Crippen molar-refractivity contribution in [2.75, 3.05) is 0 Å². The number of ketones is 1. The molecule has 1 aromatic rings. The third kappa shape index (κ3) is 4.23. The second-order valence-electron chi connectivity index (χ2n) is 4.95. The van der Waals surface area contributed by atoms with Crippen molar-refractivity contribution in [1.29, 1.82) is 0 Å². The van der Waals surface area contributed by atoms with Gasteiger partial charge in [0.05, 0.1) is 6.04 Å². The van der Waals surface area contributed by atoms with Gasteiger partial charge < -0.3 is 10.1 Å². The zero-order valence-electron chi connectivity index (χ0n) is 11.6. The number of ether oxygens (including phenoxy) is 1. The summed E-state index contributed by atoms with van der Waals surface area (Å²) in [5, 5.41) is 2.79. The Bertz CT molecular complexity index is 508. The van der Waals surface area contributed by atoms with Crippen LogP contribution in [0, 0.1) is 0 Å². The maximum absolute atomic E-state index is 11.7. The highest BCUT2D eigenvalue weighted by atomic mass is 16.5. The minimum atomic E-state index is -0.431. The minimum Gasteiger partial charge on any atom is -0.445 e. The Balaban J connectivity index is 1.78. The smallest absolute Gasteiger partial charge is 0.407 e. The SMILES string of the molecule is C[C@H](NC(=O)OCc1ccccc1)C1=CCC(=O)CC1. The summed E-state index contributed by atoms with van der Waals surface area (Å²) >= 11 is 0. The molecule has 2 rings (SSSR count). The maximum Gasteiger partial charge on any atom is 0.407 e. The summed E-state index contributed by atoms with van der Waals surface area (Å²) in [5.41, 5.74) is 2.05. The summed E-state index contributed by atoms with van der Waals surface area (Å²) in [7, 11) is 0. The quantitative estimate of drug-likeness (QED) is 0.858. The second kappa shape index (κ2) is 6.89. The lowest BCUT2D eigenvalue weighted by Crippen LogP contribution is -2.35. The van der Waals surface area contributed by atoms with Crippen LogP contribution < -0.4 is 5.32 Å². The molecular formula is C16H19NO3. The van der Waals surface area contributed by atoms with E-state index in [1.807, 2.05) is 43.3 Å². The molecule has 0 radical (unpaired) electrons. The molecule has 0 heterocycles. The summed E-state index contributed by atoms with van der Waals surface area (Å²) in [6.45, 7) is 2.17. The van der Waals surface area contributed by atoms with E-state index < -0.39 is 6.09 Å². The molecule has 0 spiro atoms. The lowest BCUT2D eigenvalue weighted by atomic mass is 9.94. The number of carbonyl (C=O) groups excluding carboxylic acids is 2. The first kappa shape index (κ1) is 14.3.